The Kier molecular flexibility index (Phi) is 3.24. The number of nitrogens with zero attached hydrogens (tertiary/aromatic N) is 4. The van der Waals surface area contributed by atoms with E-state index in [1.165, 1.54) is 10.9 Å². The highest BCUT2D eigenvalue weighted by molar-refractivity contribution is 6.31. The zero-order chi connectivity index (χ0) is 15.3. The van der Waals surface area contributed by atoms with Crippen molar-refractivity contribution in [1.82, 2.24) is 14.5 Å². The lowest BCUT2D eigenvalue weighted by Gasteiger charge is -2.33. The summed E-state index contributed by atoms with van der Waals surface area (Å²) in [7, 11) is 4.25. The fraction of sp³-hybridized carbons (Fsp3) is 0.353. The van der Waals surface area contributed by atoms with Gasteiger partial charge in [-0.2, -0.15) is 0 Å². The van der Waals surface area contributed by atoms with Crippen LogP contribution in [0.15, 0.2) is 30.5 Å². The molecule has 0 radical (unpaired) electrons. The minimum atomic E-state index is 0.754. The molecule has 1 aromatic carbocycles. The summed E-state index contributed by atoms with van der Waals surface area (Å²) in [5.74, 6) is 1.10. The maximum absolute atomic E-state index is 6.19. The molecule has 22 heavy (non-hydrogen) atoms. The Balaban J connectivity index is 1.96. The van der Waals surface area contributed by atoms with Crippen LogP contribution in [0.2, 0.25) is 5.02 Å². The molecule has 3 heterocycles. The normalized spacial score (nSPS) is 16.8. The summed E-state index contributed by atoms with van der Waals surface area (Å²) >= 11 is 6.19. The van der Waals surface area contributed by atoms with Crippen molar-refractivity contribution in [3.05, 3.63) is 35.5 Å². The van der Waals surface area contributed by atoms with Crippen molar-refractivity contribution in [2.75, 3.05) is 38.1 Å². The van der Waals surface area contributed by atoms with E-state index < -0.39 is 0 Å². The fourth-order valence-electron chi connectivity index (χ4n) is 3.27. The molecule has 1 saturated heterocycles. The number of aryl methyl sites for hydroxylation is 1. The molecule has 0 unspecified atom stereocenters. The Morgan fingerprint density at radius 2 is 1.77 bits per heavy atom. The van der Waals surface area contributed by atoms with Gasteiger partial charge in [-0.3, -0.25) is 0 Å². The lowest BCUT2D eigenvalue weighted by Crippen LogP contribution is -2.44. The van der Waals surface area contributed by atoms with Crippen LogP contribution < -0.4 is 4.90 Å². The topological polar surface area (TPSA) is 24.3 Å². The van der Waals surface area contributed by atoms with Crippen molar-refractivity contribution in [2.24, 2.45) is 7.05 Å². The summed E-state index contributed by atoms with van der Waals surface area (Å²) < 4.78 is 2.16. The molecule has 4 nitrogen and oxygen atoms in total. The number of aromatic nitrogens is 2. The lowest BCUT2D eigenvalue weighted by atomic mass is 10.1. The second-order valence-corrected chi connectivity index (χ2v) is 6.51. The van der Waals surface area contributed by atoms with E-state index in [0.717, 1.165) is 47.9 Å². The maximum Gasteiger partial charge on any atom is 0.138 e. The average Bonchev–Trinajstić information content (AvgIpc) is 2.90. The molecule has 4 rings (SSSR count). The highest BCUT2D eigenvalue weighted by Gasteiger charge is 2.20. The molecule has 2 aromatic heterocycles. The standard InChI is InChI=1S/C17H19ClN4/c1-20-7-9-22(10-8-20)17-13-5-6-21(2)16(13)14-11-12(18)3-4-15(14)19-17/h3-6,11H,7-10H2,1-2H3. The van der Waals surface area contributed by atoms with Gasteiger partial charge in [0.05, 0.1) is 11.0 Å². The molecule has 0 atom stereocenters. The molecule has 0 bridgehead atoms. The highest BCUT2D eigenvalue weighted by atomic mass is 35.5. The first-order valence-electron chi connectivity index (χ1n) is 7.61. The first-order valence-corrected chi connectivity index (χ1v) is 7.99. The van der Waals surface area contributed by atoms with Gasteiger partial charge in [-0.15, -0.1) is 0 Å². The number of hydrogen-bond acceptors (Lipinski definition) is 3. The monoisotopic (exact) mass is 314 g/mol. The molecule has 1 fully saturated rings. The van der Waals surface area contributed by atoms with Crippen LogP contribution >= 0.6 is 11.6 Å². The third kappa shape index (κ3) is 2.14. The fourth-order valence-corrected chi connectivity index (χ4v) is 3.45. The van der Waals surface area contributed by atoms with Crippen molar-refractivity contribution in [2.45, 2.75) is 0 Å². The summed E-state index contributed by atoms with van der Waals surface area (Å²) in [4.78, 5) is 9.70. The summed E-state index contributed by atoms with van der Waals surface area (Å²) in [5, 5.41) is 3.08. The number of likely N-dealkylation sites (N-methyl/N-ethyl adjacent to an activating group) is 1. The Bertz CT molecular complexity index is 847. The SMILES string of the molecule is CN1CCN(c2nc3ccc(Cl)cc3c3c2ccn3C)CC1. The Labute approximate surface area is 134 Å². The second-order valence-electron chi connectivity index (χ2n) is 6.08. The zero-order valence-electron chi connectivity index (χ0n) is 12.9. The molecule has 0 aliphatic carbocycles. The van der Waals surface area contributed by atoms with Crippen LogP contribution in [0.4, 0.5) is 5.82 Å². The first kappa shape index (κ1) is 13.9. The van der Waals surface area contributed by atoms with Crippen molar-refractivity contribution < 1.29 is 0 Å². The van der Waals surface area contributed by atoms with Crippen molar-refractivity contribution >= 4 is 39.2 Å². The summed E-state index contributed by atoms with van der Waals surface area (Å²) in [5.41, 5.74) is 2.22. The van der Waals surface area contributed by atoms with Crippen molar-refractivity contribution in [1.29, 1.82) is 0 Å². The number of benzene rings is 1. The average molecular weight is 315 g/mol. The first-order chi connectivity index (χ1) is 10.6. The molecule has 1 aliphatic heterocycles. The third-order valence-corrected chi connectivity index (χ3v) is 4.79. The Morgan fingerprint density at radius 3 is 2.55 bits per heavy atom. The third-order valence-electron chi connectivity index (χ3n) is 4.56. The number of halogens is 1. The van der Waals surface area contributed by atoms with E-state index in [1.807, 2.05) is 18.2 Å². The van der Waals surface area contributed by atoms with Gasteiger partial charge in [0.25, 0.3) is 0 Å². The van der Waals surface area contributed by atoms with E-state index >= 15 is 0 Å². The zero-order valence-corrected chi connectivity index (χ0v) is 13.6. The van der Waals surface area contributed by atoms with Gasteiger partial charge < -0.3 is 14.4 Å². The van der Waals surface area contributed by atoms with Crippen molar-refractivity contribution in [3.63, 3.8) is 0 Å². The number of rotatable bonds is 1. The van der Waals surface area contributed by atoms with Crippen molar-refractivity contribution in [3.8, 4) is 0 Å². The van der Waals surface area contributed by atoms with Gasteiger partial charge in [-0.05, 0) is 31.3 Å². The highest BCUT2D eigenvalue weighted by Crippen LogP contribution is 2.33. The Morgan fingerprint density at radius 1 is 1.00 bits per heavy atom. The quantitative estimate of drug-likeness (QED) is 0.689. The number of pyridine rings is 1. The minimum Gasteiger partial charge on any atom is -0.353 e. The van der Waals surface area contributed by atoms with Crippen LogP contribution in [-0.2, 0) is 7.05 Å². The summed E-state index contributed by atoms with van der Waals surface area (Å²) in [6, 6.07) is 8.11. The maximum atomic E-state index is 6.19. The Hall–Kier alpha value is -1.78. The predicted molar refractivity (Wildman–Crippen MR) is 92.9 cm³/mol. The molecule has 0 N–H and O–H groups in total. The molecular weight excluding hydrogens is 296 g/mol. The van der Waals surface area contributed by atoms with Crippen LogP contribution in [0, 0.1) is 0 Å². The van der Waals surface area contributed by atoms with E-state index in [1.54, 1.807) is 0 Å². The van der Waals surface area contributed by atoms with E-state index in [0.29, 0.717) is 0 Å². The van der Waals surface area contributed by atoms with Crippen LogP contribution in [0.5, 0.6) is 0 Å². The lowest BCUT2D eigenvalue weighted by molar-refractivity contribution is 0.312. The van der Waals surface area contributed by atoms with E-state index in [4.69, 9.17) is 16.6 Å². The van der Waals surface area contributed by atoms with Crippen LogP contribution in [0.3, 0.4) is 0 Å². The molecule has 0 amide bonds. The van der Waals surface area contributed by atoms with Crippen LogP contribution in [0.25, 0.3) is 21.8 Å². The van der Waals surface area contributed by atoms with Crippen LogP contribution in [0.1, 0.15) is 0 Å². The van der Waals surface area contributed by atoms with Gasteiger partial charge in [-0.25, -0.2) is 4.98 Å². The van der Waals surface area contributed by atoms with Gasteiger partial charge in [0.2, 0.25) is 0 Å². The molecule has 3 aromatic rings. The molecule has 1 aliphatic rings. The summed E-state index contributed by atoms with van der Waals surface area (Å²) in [6.45, 7) is 4.20. The van der Waals surface area contributed by atoms with Gasteiger partial charge in [-0.1, -0.05) is 11.6 Å². The smallest absolute Gasteiger partial charge is 0.138 e. The second kappa shape index (κ2) is 5.14. The summed E-state index contributed by atoms with van der Waals surface area (Å²) in [6.07, 6.45) is 2.10. The van der Waals surface area contributed by atoms with E-state index in [-0.39, 0.29) is 0 Å². The molecule has 5 heteroatoms. The number of hydrogen-bond donors (Lipinski definition) is 0. The van der Waals surface area contributed by atoms with Gasteiger partial charge >= 0.3 is 0 Å². The molecule has 0 spiro atoms. The van der Waals surface area contributed by atoms with Gasteiger partial charge in [0.1, 0.15) is 5.82 Å². The molecular formula is C17H19ClN4. The predicted octanol–water partition coefficient (Wildman–Crippen LogP) is 3.13. The van der Waals surface area contributed by atoms with Crippen LogP contribution in [-0.4, -0.2) is 47.7 Å². The number of anilines is 1. The van der Waals surface area contributed by atoms with E-state index in [9.17, 15) is 0 Å². The van der Waals surface area contributed by atoms with Gasteiger partial charge in [0.15, 0.2) is 0 Å². The number of fused-ring (bicyclic) bond motifs is 3. The largest absolute Gasteiger partial charge is 0.353 e. The number of piperazine rings is 1. The minimum absolute atomic E-state index is 0.754. The molecule has 0 saturated carbocycles. The van der Waals surface area contributed by atoms with Gasteiger partial charge in [0, 0.05) is 55.2 Å². The van der Waals surface area contributed by atoms with E-state index in [2.05, 4.69) is 40.7 Å². The molecule has 114 valence electrons.